The Kier molecular flexibility index (Phi) is 4.56. The van der Waals surface area contributed by atoms with E-state index >= 15 is 0 Å². The summed E-state index contributed by atoms with van der Waals surface area (Å²) < 4.78 is 28.0. The van der Waals surface area contributed by atoms with Crippen molar-refractivity contribution < 1.29 is 13.2 Å². The van der Waals surface area contributed by atoms with Crippen molar-refractivity contribution in [3.05, 3.63) is 48.0 Å². The van der Waals surface area contributed by atoms with Gasteiger partial charge < -0.3 is 4.74 Å². The highest BCUT2D eigenvalue weighted by Crippen LogP contribution is 2.17. The third-order valence-corrected chi connectivity index (χ3v) is 4.71. The molecule has 0 saturated heterocycles. The Hall–Kier alpha value is -2.03. The molecule has 0 bridgehead atoms. The molecule has 2 heterocycles. The van der Waals surface area contributed by atoms with Gasteiger partial charge >= 0.3 is 0 Å². The van der Waals surface area contributed by atoms with Gasteiger partial charge in [0.2, 0.25) is 10.0 Å². The first-order valence-corrected chi connectivity index (χ1v) is 8.83. The Labute approximate surface area is 135 Å². The van der Waals surface area contributed by atoms with Crippen LogP contribution in [-0.2, 0) is 23.0 Å². The van der Waals surface area contributed by atoms with E-state index in [-0.39, 0.29) is 4.90 Å². The molecular weight excluding hydrogens is 316 g/mol. The second-order valence-electron chi connectivity index (χ2n) is 5.39. The fourth-order valence-corrected chi connectivity index (χ4v) is 3.03. The fourth-order valence-electron chi connectivity index (χ4n) is 2.51. The number of ether oxygens (including phenoxy) is 1. The van der Waals surface area contributed by atoms with Gasteiger partial charge in [-0.05, 0) is 36.2 Å². The number of aromatic nitrogens is 2. The van der Waals surface area contributed by atoms with Gasteiger partial charge in [0.25, 0.3) is 0 Å². The molecule has 1 aliphatic rings. The van der Waals surface area contributed by atoms with E-state index in [4.69, 9.17) is 9.88 Å². The van der Waals surface area contributed by atoms with Gasteiger partial charge in [0.05, 0.1) is 10.6 Å². The van der Waals surface area contributed by atoms with Crippen LogP contribution in [0.15, 0.2) is 41.7 Å². The molecule has 3 rings (SSSR count). The standard InChI is InChI=1S/C15H18N4O3S/c16-23(20,21)14-3-1-13(2-4-14)22-8-7-19-6-5-12-9-17-11-18-15(12)10-19/h1-4,9,11H,5-8,10H2,(H2,16,20,21). The molecule has 0 fully saturated rings. The molecule has 8 heteroatoms. The lowest BCUT2D eigenvalue weighted by molar-refractivity contribution is 0.194. The second-order valence-corrected chi connectivity index (χ2v) is 6.95. The summed E-state index contributed by atoms with van der Waals surface area (Å²) >= 11 is 0. The minimum absolute atomic E-state index is 0.0807. The highest BCUT2D eigenvalue weighted by molar-refractivity contribution is 7.89. The number of benzene rings is 1. The lowest BCUT2D eigenvalue weighted by Crippen LogP contribution is -2.34. The number of fused-ring (bicyclic) bond motifs is 1. The van der Waals surface area contributed by atoms with Crippen LogP contribution in [0.5, 0.6) is 5.75 Å². The van der Waals surface area contributed by atoms with Crippen LogP contribution in [0.1, 0.15) is 11.3 Å². The summed E-state index contributed by atoms with van der Waals surface area (Å²) in [7, 11) is -3.66. The Morgan fingerprint density at radius 1 is 1.26 bits per heavy atom. The predicted octanol–water partition coefficient (Wildman–Crippen LogP) is 0.561. The van der Waals surface area contributed by atoms with E-state index in [0.717, 1.165) is 31.7 Å². The van der Waals surface area contributed by atoms with Crippen molar-refractivity contribution in [1.29, 1.82) is 0 Å². The first-order chi connectivity index (χ1) is 11.0. The van der Waals surface area contributed by atoms with E-state index in [1.165, 1.54) is 17.7 Å². The molecule has 0 saturated carbocycles. The first-order valence-electron chi connectivity index (χ1n) is 7.28. The topological polar surface area (TPSA) is 98.4 Å². The van der Waals surface area contributed by atoms with Crippen molar-refractivity contribution in [2.45, 2.75) is 17.9 Å². The van der Waals surface area contributed by atoms with Crippen molar-refractivity contribution in [2.75, 3.05) is 19.7 Å². The Morgan fingerprint density at radius 2 is 2.04 bits per heavy atom. The summed E-state index contributed by atoms with van der Waals surface area (Å²) in [5.41, 5.74) is 2.28. The fraction of sp³-hybridized carbons (Fsp3) is 0.333. The van der Waals surface area contributed by atoms with E-state index in [1.54, 1.807) is 18.5 Å². The van der Waals surface area contributed by atoms with Crippen LogP contribution in [-0.4, -0.2) is 43.0 Å². The highest BCUT2D eigenvalue weighted by atomic mass is 32.2. The number of sulfonamides is 1. The lowest BCUT2D eigenvalue weighted by Gasteiger charge is -2.27. The molecule has 0 atom stereocenters. The zero-order chi connectivity index (χ0) is 16.3. The zero-order valence-corrected chi connectivity index (χ0v) is 13.4. The van der Waals surface area contributed by atoms with Gasteiger partial charge in [-0.3, -0.25) is 4.90 Å². The van der Waals surface area contributed by atoms with Gasteiger partial charge in [-0.2, -0.15) is 0 Å². The number of hydrogen-bond acceptors (Lipinski definition) is 6. The number of nitrogens with two attached hydrogens (primary N) is 1. The van der Waals surface area contributed by atoms with Crippen LogP contribution in [0.4, 0.5) is 0 Å². The first kappa shape index (κ1) is 15.9. The average molecular weight is 334 g/mol. The van der Waals surface area contributed by atoms with Gasteiger partial charge in [0.15, 0.2) is 0 Å². The minimum Gasteiger partial charge on any atom is -0.492 e. The van der Waals surface area contributed by atoms with Crippen LogP contribution in [0, 0.1) is 0 Å². The summed E-state index contributed by atoms with van der Waals surface area (Å²) in [6.45, 7) is 3.05. The third kappa shape index (κ3) is 4.04. The summed E-state index contributed by atoms with van der Waals surface area (Å²) in [5.74, 6) is 0.622. The maximum absolute atomic E-state index is 11.2. The number of primary sulfonamides is 1. The van der Waals surface area contributed by atoms with Crippen molar-refractivity contribution in [2.24, 2.45) is 5.14 Å². The zero-order valence-electron chi connectivity index (χ0n) is 12.6. The Bertz CT molecular complexity index is 778. The van der Waals surface area contributed by atoms with Crippen LogP contribution in [0.25, 0.3) is 0 Å². The monoisotopic (exact) mass is 334 g/mol. The quantitative estimate of drug-likeness (QED) is 0.858. The highest BCUT2D eigenvalue weighted by Gasteiger charge is 2.17. The van der Waals surface area contributed by atoms with Crippen LogP contribution in [0.3, 0.4) is 0 Å². The summed E-state index contributed by atoms with van der Waals surface area (Å²) in [5, 5.41) is 5.06. The maximum Gasteiger partial charge on any atom is 0.238 e. The van der Waals surface area contributed by atoms with E-state index < -0.39 is 10.0 Å². The molecule has 1 aromatic carbocycles. The van der Waals surface area contributed by atoms with Gasteiger partial charge in [-0.1, -0.05) is 0 Å². The minimum atomic E-state index is -3.66. The SMILES string of the molecule is NS(=O)(=O)c1ccc(OCCN2CCc3cncnc3C2)cc1. The smallest absolute Gasteiger partial charge is 0.238 e. The molecule has 23 heavy (non-hydrogen) atoms. The largest absolute Gasteiger partial charge is 0.492 e. The van der Waals surface area contributed by atoms with E-state index in [0.29, 0.717) is 12.4 Å². The van der Waals surface area contributed by atoms with Gasteiger partial charge in [0.1, 0.15) is 18.7 Å². The average Bonchev–Trinajstić information content (AvgIpc) is 2.54. The van der Waals surface area contributed by atoms with E-state index in [9.17, 15) is 8.42 Å². The number of nitrogens with zero attached hydrogens (tertiary/aromatic N) is 3. The van der Waals surface area contributed by atoms with Crippen molar-refractivity contribution in [1.82, 2.24) is 14.9 Å². The molecule has 1 aromatic heterocycles. The van der Waals surface area contributed by atoms with Crippen molar-refractivity contribution in [3.63, 3.8) is 0 Å². The molecule has 0 radical (unpaired) electrons. The Balaban J connectivity index is 1.51. The molecule has 0 aliphatic carbocycles. The lowest BCUT2D eigenvalue weighted by atomic mass is 10.1. The van der Waals surface area contributed by atoms with Crippen molar-refractivity contribution >= 4 is 10.0 Å². The van der Waals surface area contributed by atoms with E-state index in [1.807, 2.05) is 6.20 Å². The summed E-state index contributed by atoms with van der Waals surface area (Å²) in [6, 6.07) is 6.11. The summed E-state index contributed by atoms with van der Waals surface area (Å²) in [6.07, 6.45) is 4.40. The molecule has 0 amide bonds. The van der Waals surface area contributed by atoms with Crippen LogP contribution in [0.2, 0.25) is 0 Å². The maximum atomic E-state index is 11.2. The molecule has 2 aromatic rings. The molecule has 0 unspecified atom stereocenters. The third-order valence-electron chi connectivity index (χ3n) is 3.78. The van der Waals surface area contributed by atoms with Gasteiger partial charge in [0, 0.05) is 25.8 Å². The molecule has 0 spiro atoms. The van der Waals surface area contributed by atoms with Crippen LogP contribution >= 0.6 is 0 Å². The van der Waals surface area contributed by atoms with E-state index in [2.05, 4.69) is 14.9 Å². The Morgan fingerprint density at radius 3 is 2.78 bits per heavy atom. The molecule has 7 nitrogen and oxygen atoms in total. The second kappa shape index (κ2) is 6.61. The molecule has 2 N–H and O–H groups in total. The van der Waals surface area contributed by atoms with Gasteiger partial charge in [-0.15, -0.1) is 0 Å². The molecule has 122 valence electrons. The van der Waals surface area contributed by atoms with Crippen molar-refractivity contribution in [3.8, 4) is 5.75 Å². The van der Waals surface area contributed by atoms with Gasteiger partial charge in [-0.25, -0.2) is 23.5 Å². The molecular formula is C15H18N4O3S. The predicted molar refractivity (Wildman–Crippen MR) is 84.3 cm³/mol. The summed E-state index contributed by atoms with van der Waals surface area (Å²) in [4.78, 5) is 10.7. The normalized spacial score (nSPS) is 15.2. The number of rotatable bonds is 5. The van der Waals surface area contributed by atoms with Crippen LogP contribution < -0.4 is 9.88 Å². The number of hydrogen-bond donors (Lipinski definition) is 1. The molecule has 1 aliphatic heterocycles.